The summed E-state index contributed by atoms with van der Waals surface area (Å²) in [4.78, 5) is 26.3. The predicted octanol–water partition coefficient (Wildman–Crippen LogP) is 2.37. The summed E-state index contributed by atoms with van der Waals surface area (Å²) in [6.07, 6.45) is 0.512. The van der Waals surface area contributed by atoms with Gasteiger partial charge in [-0.1, -0.05) is 0 Å². The van der Waals surface area contributed by atoms with Crippen LogP contribution in [-0.2, 0) is 4.79 Å². The van der Waals surface area contributed by atoms with Crippen LogP contribution in [0.4, 0.5) is 10.1 Å². The van der Waals surface area contributed by atoms with Crippen molar-refractivity contribution in [1.82, 2.24) is 5.32 Å². The monoisotopic (exact) mass is 328 g/mol. The summed E-state index contributed by atoms with van der Waals surface area (Å²) < 4.78 is 18.0. The predicted molar refractivity (Wildman–Crippen MR) is 87.6 cm³/mol. The molecule has 24 heavy (non-hydrogen) atoms. The highest BCUT2D eigenvalue weighted by molar-refractivity contribution is 6.03. The number of hydrogen-bond acceptors (Lipinski definition) is 3. The first-order valence-corrected chi connectivity index (χ1v) is 7.60. The van der Waals surface area contributed by atoms with Crippen LogP contribution in [0.15, 0.2) is 48.5 Å². The van der Waals surface area contributed by atoms with Crippen molar-refractivity contribution in [3.8, 4) is 5.75 Å². The van der Waals surface area contributed by atoms with E-state index >= 15 is 0 Å². The van der Waals surface area contributed by atoms with Crippen LogP contribution in [0.25, 0.3) is 0 Å². The molecule has 0 saturated carbocycles. The molecule has 0 spiro atoms. The summed E-state index contributed by atoms with van der Waals surface area (Å²) in [5.74, 6) is -0.193. The van der Waals surface area contributed by atoms with Gasteiger partial charge in [0.15, 0.2) is 0 Å². The van der Waals surface area contributed by atoms with E-state index in [0.717, 1.165) is 0 Å². The number of rotatable bonds is 4. The van der Waals surface area contributed by atoms with Gasteiger partial charge in [0, 0.05) is 17.8 Å². The molecule has 0 radical (unpaired) electrons. The van der Waals surface area contributed by atoms with E-state index < -0.39 is 6.04 Å². The molecular weight excluding hydrogens is 311 g/mol. The first kappa shape index (κ1) is 16.0. The van der Waals surface area contributed by atoms with Crippen molar-refractivity contribution in [3.05, 3.63) is 59.9 Å². The summed E-state index contributed by atoms with van der Waals surface area (Å²) >= 11 is 0. The molecule has 0 unspecified atom stereocenters. The lowest BCUT2D eigenvalue weighted by atomic mass is 10.1. The Kier molecular flexibility index (Phi) is 4.46. The smallest absolute Gasteiger partial charge is 0.251 e. The van der Waals surface area contributed by atoms with E-state index in [9.17, 15) is 14.0 Å². The number of amides is 2. The Hall–Kier alpha value is -2.89. The van der Waals surface area contributed by atoms with Gasteiger partial charge in [-0.2, -0.15) is 0 Å². The molecule has 1 aliphatic heterocycles. The lowest BCUT2D eigenvalue weighted by molar-refractivity contribution is -0.118. The zero-order valence-electron chi connectivity index (χ0n) is 13.2. The Morgan fingerprint density at radius 1 is 1.17 bits per heavy atom. The van der Waals surface area contributed by atoms with Gasteiger partial charge in [0.25, 0.3) is 5.91 Å². The second kappa shape index (κ2) is 6.70. The summed E-state index contributed by atoms with van der Waals surface area (Å²) in [7, 11) is 1.55. The SMILES string of the molecule is COc1ccc(C(=O)N[C@@H]2CCN(c3ccc(F)cc3)C2=O)cc1. The van der Waals surface area contributed by atoms with Gasteiger partial charge in [0.05, 0.1) is 7.11 Å². The maximum absolute atomic E-state index is 13.0. The number of anilines is 1. The fourth-order valence-electron chi connectivity index (χ4n) is 2.68. The molecule has 1 aliphatic rings. The van der Waals surface area contributed by atoms with Crippen molar-refractivity contribution in [2.24, 2.45) is 0 Å². The van der Waals surface area contributed by atoms with Gasteiger partial charge in [0.2, 0.25) is 5.91 Å². The Balaban J connectivity index is 1.66. The Morgan fingerprint density at radius 3 is 2.46 bits per heavy atom. The molecule has 5 nitrogen and oxygen atoms in total. The molecule has 2 aromatic carbocycles. The molecule has 1 N–H and O–H groups in total. The van der Waals surface area contributed by atoms with Gasteiger partial charge in [-0.05, 0) is 55.0 Å². The molecule has 0 aliphatic carbocycles. The number of nitrogens with zero attached hydrogens (tertiary/aromatic N) is 1. The number of carbonyl (C=O) groups excluding carboxylic acids is 2. The molecule has 1 heterocycles. The Labute approximate surface area is 139 Å². The van der Waals surface area contributed by atoms with E-state index in [1.165, 1.54) is 12.1 Å². The molecular formula is C18H17FN2O3. The molecule has 1 atom stereocenters. The highest BCUT2D eigenvalue weighted by Crippen LogP contribution is 2.22. The topological polar surface area (TPSA) is 58.6 Å². The zero-order chi connectivity index (χ0) is 17.1. The van der Waals surface area contributed by atoms with E-state index in [4.69, 9.17) is 4.74 Å². The van der Waals surface area contributed by atoms with E-state index in [-0.39, 0.29) is 17.6 Å². The number of hydrogen-bond donors (Lipinski definition) is 1. The van der Waals surface area contributed by atoms with E-state index in [2.05, 4.69) is 5.32 Å². The van der Waals surface area contributed by atoms with Crippen LogP contribution in [-0.4, -0.2) is 31.5 Å². The molecule has 2 aromatic rings. The van der Waals surface area contributed by atoms with Gasteiger partial charge in [-0.15, -0.1) is 0 Å². The van der Waals surface area contributed by atoms with Crippen LogP contribution in [0.3, 0.4) is 0 Å². The van der Waals surface area contributed by atoms with Crippen LogP contribution in [0.5, 0.6) is 5.75 Å². The van der Waals surface area contributed by atoms with Crippen molar-refractivity contribution in [2.75, 3.05) is 18.6 Å². The highest BCUT2D eigenvalue weighted by Gasteiger charge is 2.33. The van der Waals surface area contributed by atoms with Crippen molar-refractivity contribution >= 4 is 17.5 Å². The molecule has 6 heteroatoms. The van der Waals surface area contributed by atoms with E-state index in [1.807, 2.05) is 0 Å². The summed E-state index contributed by atoms with van der Waals surface area (Å²) in [6.45, 7) is 0.484. The third-order valence-electron chi connectivity index (χ3n) is 4.00. The third-order valence-corrected chi connectivity index (χ3v) is 4.00. The Morgan fingerprint density at radius 2 is 1.83 bits per heavy atom. The van der Waals surface area contributed by atoms with Crippen LogP contribution >= 0.6 is 0 Å². The molecule has 3 rings (SSSR count). The van der Waals surface area contributed by atoms with Crippen molar-refractivity contribution in [1.29, 1.82) is 0 Å². The number of carbonyl (C=O) groups is 2. The molecule has 1 fully saturated rings. The minimum atomic E-state index is -0.579. The van der Waals surface area contributed by atoms with Crippen molar-refractivity contribution < 1.29 is 18.7 Å². The van der Waals surface area contributed by atoms with E-state index in [0.29, 0.717) is 30.0 Å². The second-order valence-electron chi connectivity index (χ2n) is 5.51. The lowest BCUT2D eigenvalue weighted by Gasteiger charge is -2.17. The summed E-state index contributed by atoms with van der Waals surface area (Å²) in [5.41, 5.74) is 1.09. The average Bonchev–Trinajstić information content (AvgIpc) is 2.96. The zero-order valence-corrected chi connectivity index (χ0v) is 13.2. The molecule has 1 saturated heterocycles. The number of nitrogens with one attached hydrogen (secondary N) is 1. The van der Waals surface area contributed by atoms with Crippen molar-refractivity contribution in [3.63, 3.8) is 0 Å². The first-order valence-electron chi connectivity index (χ1n) is 7.60. The van der Waals surface area contributed by atoms with Gasteiger partial charge in [-0.25, -0.2) is 4.39 Å². The number of ether oxygens (including phenoxy) is 1. The second-order valence-corrected chi connectivity index (χ2v) is 5.51. The van der Waals surface area contributed by atoms with Crippen LogP contribution in [0, 0.1) is 5.82 Å². The van der Waals surface area contributed by atoms with Crippen LogP contribution in [0.2, 0.25) is 0 Å². The van der Waals surface area contributed by atoms with Crippen LogP contribution in [0.1, 0.15) is 16.8 Å². The number of methoxy groups -OCH3 is 1. The fourth-order valence-corrected chi connectivity index (χ4v) is 2.68. The molecule has 124 valence electrons. The van der Waals surface area contributed by atoms with Crippen LogP contribution < -0.4 is 15.0 Å². The van der Waals surface area contributed by atoms with Gasteiger partial charge >= 0.3 is 0 Å². The minimum Gasteiger partial charge on any atom is -0.497 e. The standard InChI is InChI=1S/C18H17FN2O3/c1-24-15-8-2-12(3-9-15)17(22)20-16-10-11-21(18(16)23)14-6-4-13(19)5-7-14/h2-9,16H,10-11H2,1H3,(H,20,22)/t16-/m1/s1. The number of benzene rings is 2. The maximum Gasteiger partial charge on any atom is 0.251 e. The molecule has 2 amide bonds. The normalized spacial score (nSPS) is 17.0. The van der Waals surface area contributed by atoms with Crippen molar-refractivity contribution in [2.45, 2.75) is 12.5 Å². The molecule has 0 bridgehead atoms. The first-order chi connectivity index (χ1) is 11.6. The van der Waals surface area contributed by atoms with Gasteiger partial charge < -0.3 is 15.0 Å². The highest BCUT2D eigenvalue weighted by atomic mass is 19.1. The third kappa shape index (κ3) is 3.22. The quantitative estimate of drug-likeness (QED) is 0.937. The number of halogens is 1. The summed E-state index contributed by atoms with van der Waals surface area (Å²) in [6, 6.07) is 11.8. The van der Waals surface area contributed by atoms with E-state index in [1.54, 1.807) is 48.4 Å². The maximum atomic E-state index is 13.0. The fraction of sp³-hybridized carbons (Fsp3) is 0.222. The van der Waals surface area contributed by atoms with Gasteiger partial charge in [0.1, 0.15) is 17.6 Å². The largest absolute Gasteiger partial charge is 0.497 e. The minimum absolute atomic E-state index is 0.191. The summed E-state index contributed by atoms with van der Waals surface area (Å²) in [5, 5.41) is 2.75. The molecule has 0 aromatic heterocycles. The van der Waals surface area contributed by atoms with Gasteiger partial charge in [-0.3, -0.25) is 9.59 Å². The average molecular weight is 328 g/mol. The Bertz CT molecular complexity index is 744. The lowest BCUT2D eigenvalue weighted by Crippen LogP contribution is -2.41.